The van der Waals surface area contributed by atoms with E-state index in [4.69, 9.17) is 15.6 Å². The Morgan fingerprint density at radius 2 is 2.33 bits per heavy atom. The highest BCUT2D eigenvalue weighted by molar-refractivity contribution is 5.82. The molecule has 1 atom stereocenters. The first kappa shape index (κ1) is 12.4. The molecule has 1 saturated heterocycles. The number of rotatable bonds is 3. The third kappa shape index (κ3) is 2.68. The van der Waals surface area contributed by atoms with Crippen LogP contribution in [0.25, 0.3) is 0 Å². The van der Waals surface area contributed by atoms with Crippen LogP contribution in [0.5, 0.6) is 0 Å². The number of morpholine rings is 1. The Hall–Kier alpha value is -0.650. The molecule has 1 aliphatic heterocycles. The molecule has 0 bridgehead atoms. The lowest BCUT2D eigenvalue weighted by Crippen LogP contribution is -2.55. The van der Waals surface area contributed by atoms with Crippen LogP contribution >= 0.6 is 0 Å². The van der Waals surface area contributed by atoms with Crippen molar-refractivity contribution in [2.24, 2.45) is 11.1 Å². The minimum Gasteiger partial charge on any atom is -0.394 e. The molecule has 0 aliphatic carbocycles. The number of carbonyl (C=O) groups is 1. The lowest BCUT2D eigenvalue weighted by molar-refractivity contribution is -0.150. The number of hydrogen-bond acceptors (Lipinski definition) is 4. The average Bonchev–Trinajstić information content (AvgIpc) is 2.28. The average molecular weight is 216 g/mol. The molecule has 0 aromatic carbocycles. The van der Waals surface area contributed by atoms with E-state index in [0.717, 1.165) is 0 Å². The van der Waals surface area contributed by atoms with Crippen molar-refractivity contribution >= 4 is 5.91 Å². The van der Waals surface area contributed by atoms with E-state index in [0.29, 0.717) is 26.3 Å². The van der Waals surface area contributed by atoms with Crippen molar-refractivity contribution in [3.63, 3.8) is 0 Å². The van der Waals surface area contributed by atoms with Crippen LogP contribution in [0.4, 0.5) is 0 Å². The summed E-state index contributed by atoms with van der Waals surface area (Å²) in [7, 11) is 0. The smallest absolute Gasteiger partial charge is 0.229 e. The summed E-state index contributed by atoms with van der Waals surface area (Å²) in [4.78, 5) is 13.8. The standard InChI is InChI=1S/C10H20N2O3/c1-10(2,7-11)9(14)12-3-4-15-6-8(12)5-13/h8,13H,3-7,11H2,1-2H3. The fraction of sp³-hybridized carbons (Fsp3) is 0.900. The van der Waals surface area contributed by atoms with E-state index >= 15 is 0 Å². The van der Waals surface area contributed by atoms with Crippen molar-refractivity contribution in [2.45, 2.75) is 19.9 Å². The molecule has 0 aromatic heterocycles. The van der Waals surface area contributed by atoms with Crippen LogP contribution in [-0.2, 0) is 9.53 Å². The molecular formula is C10H20N2O3. The zero-order valence-electron chi connectivity index (χ0n) is 9.40. The SMILES string of the molecule is CC(C)(CN)C(=O)N1CCOCC1CO. The largest absolute Gasteiger partial charge is 0.394 e. The zero-order chi connectivity index (χ0) is 11.5. The molecule has 5 heteroatoms. The van der Waals surface area contributed by atoms with Gasteiger partial charge in [0.2, 0.25) is 5.91 Å². The van der Waals surface area contributed by atoms with Gasteiger partial charge >= 0.3 is 0 Å². The summed E-state index contributed by atoms with van der Waals surface area (Å²) in [6.07, 6.45) is 0. The number of nitrogens with two attached hydrogens (primary N) is 1. The van der Waals surface area contributed by atoms with Crippen LogP contribution in [0.2, 0.25) is 0 Å². The molecule has 1 amide bonds. The first-order chi connectivity index (χ1) is 7.03. The van der Waals surface area contributed by atoms with Gasteiger partial charge in [-0.25, -0.2) is 0 Å². The maximum Gasteiger partial charge on any atom is 0.229 e. The van der Waals surface area contributed by atoms with Gasteiger partial charge in [0.05, 0.1) is 31.3 Å². The first-order valence-electron chi connectivity index (χ1n) is 5.22. The third-order valence-corrected chi connectivity index (χ3v) is 2.79. The van der Waals surface area contributed by atoms with Crippen molar-refractivity contribution in [1.29, 1.82) is 0 Å². The molecular weight excluding hydrogens is 196 g/mol. The van der Waals surface area contributed by atoms with Gasteiger partial charge in [-0.3, -0.25) is 4.79 Å². The Bertz CT molecular complexity index is 231. The molecule has 1 heterocycles. The Kier molecular flexibility index (Phi) is 4.07. The van der Waals surface area contributed by atoms with Gasteiger partial charge in [-0.15, -0.1) is 0 Å². The van der Waals surface area contributed by atoms with Crippen molar-refractivity contribution in [1.82, 2.24) is 4.90 Å². The minimum absolute atomic E-state index is 0.00708. The summed E-state index contributed by atoms with van der Waals surface area (Å²) in [5, 5.41) is 9.14. The second kappa shape index (κ2) is 4.92. The predicted octanol–water partition coefficient (Wildman–Crippen LogP) is -0.809. The number of ether oxygens (including phenoxy) is 1. The van der Waals surface area contributed by atoms with Gasteiger partial charge in [-0.05, 0) is 13.8 Å². The van der Waals surface area contributed by atoms with Crippen LogP contribution in [0.1, 0.15) is 13.8 Å². The Morgan fingerprint density at radius 1 is 1.67 bits per heavy atom. The molecule has 1 aliphatic rings. The zero-order valence-corrected chi connectivity index (χ0v) is 9.40. The van der Waals surface area contributed by atoms with Gasteiger partial charge in [-0.2, -0.15) is 0 Å². The lowest BCUT2D eigenvalue weighted by Gasteiger charge is -2.38. The number of carbonyl (C=O) groups excluding carboxylic acids is 1. The molecule has 88 valence electrons. The first-order valence-corrected chi connectivity index (χ1v) is 5.22. The molecule has 1 unspecified atom stereocenters. The molecule has 0 radical (unpaired) electrons. The van der Waals surface area contributed by atoms with E-state index in [1.807, 2.05) is 13.8 Å². The number of aliphatic hydroxyl groups excluding tert-OH is 1. The molecule has 0 saturated carbocycles. The summed E-state index contributed by atoms with van der Waals surface area (Å²) in [5.74, 6) is -0.00708. The van der Waals surface area contributed by atoms with Crippen molar-refractivity contribution < 1.29 is 14.6 Å². The monoisotopic (exact) mass is 216 g/mol. The Labute approximate surface area is 90.2 Å². The molecule has 5 nitrogen and oxygen atoms in total. The number of hydrogen-bond donors (Lipinski definition) is 2. The van der Waals surface area contributed by atoms with Gasteiger partial charge in [0, 0.05) is 13.1 Å². The number of nitrogens with zero attached hydrogens (tertiary/aromatic N) is 1. The third-order valence-electron chi connectivity index (χ3n) is 2.79. The van der Waals surface area contributed by atoms with Crippen molar-refractivity contribution in [2.75, 3.05) is 32.9 Å². The molecule has 1 fully saturated rings. The fourth-order valence-corrected chi connectivity index (χ4v) is 1.55. The topological polar surface area (TPSA) is 75.8 Å². The van der Waals surface area contributed by atoms with Crippen molar-refractivity contribution in [3.8, 4) is 0 Å². The van der Waals surface area contributed by atoms with Crippen LogP contribution < -0.4 is 5.73 Å². The van der Waals surface area contributed by atoms with E-state index in [1.54, 1.807) is 4.90 Å². The molecule has 0 spiro atoms. The van der Waals surface area contributed by atoms with Crippen molar-refractivity contribution in [3.05, 3.63) is 0 Å². The highest BCUT2D eigenvalue weighted by Crippen LogP contribution is 2.20. The summed E-state index contributed by atoms with van der Waals surface area (Å²) in [5.41, 5.74) is 4.99. The predicted molar refractivity (Wildman–Crippen MR) is 56.2 cm³/mol. The minimum atomic E-state index is -0.565. The van der Waals surface area contributed by atoms with Gasteiger partial charge in [0.15, 0.2) is 0 Å². The maximum atomic E-state index is 12.1. The number of amides is 1. The summed E-state index contributed by atoms with van der Waals surface area (Å²) in [6.45, 7) is 5.35. The maximum absolute atomic E-state index is 12.1. The number of aliphatic hydroxyl groups is 1. The van der Waals surface area contributed by atoms with Crippen LogP contribution in [-0.4, -0.2) is 54.9 Å². The second-order valence-corrected chi connectivity index (χ2v) is 4.50. The van der Waals surface area contributed by atoms with Gasteiger partial charge in [0.1, 0.15) is 0 Å². The molecule has 3 N–H and O–H groups in total. The van der Waals surface area contributed by atoms with E-state index in [2.05, 4.69) is 0 Å². The van der Waals surface area contributed by atoms with Crippen LogP contribution in [0.3, 0.4) is 0 Å². The second-order valence-electron chi connectivity index (χ2n) is 4.50. The molecule has 0 aromatic rings. The van der Waals surface area contributed by atoms with Gasteiger partial charge in [0.25, 0.3) is 0 Å². The quantitative estimate of drug-likeness (QED) is 0.647. The summed E-state index contributed by atoms with van der Waals surface area (Å²) >= 11 is 0. The van der Waals surface area contributed by atoms with Crippen LogP contribution in [0, 0.1) is 5.41 Å². The lowest BCUT2D eigenvalue weighted by atomic mass is 9.91. The normalized spacial score (nSPS) is 22.9. The van der Waals surface area contributed by atoms with E-state index < -0.39 is 5.41 Å². The Morgan fingerprint density at radius 3 is 2.87 bits per heavy atom. The van der Waals surface area contributed by atoms with E-state index in [-0.39, 0.29) is 18.6 Å². The van der Waals surface area contributed by atoms with Crippen LogP contribution in [0.15, 0.2) is 0 Å². The van der Waals surface area contributed by atoms with E-state index in [1.165, 1.54) is 0 Å². The highest BCUT2D eigenvalue weighted by atomic mass is 16.5. The molecule has 15 heavy (non-hydrogen) atoms. The fourth-order valence-electron chi connectivity index (χ4n) is 1.55. The Balaban J connectivity index is 2.72. The van der Waals surface area contributed by atoms with Gasteiger partial charge < -0.3 is 20.5 Å². The highest BCUT2D eigenvalue weighted by Gasteiger charge is 2.35. The summed E-state index contributed by atoms with van der Waals surface area (Å²) < 4.78 is 5.21. The van der Waals surface area contributed by atoms with E-state index in [9.17, 15) is 4.79 Å². The van der Waals surface area contributed by atoms with Gasteiger partial charge in [-0.1, -0.05) is 0 Å². The molecule has 1 rings (SSSR count). The summed E-state index contributed by atoms with van der Waals surface area (Å²) in [6, 6.07) is -0.225.